The average molecular weight is 532 g/mol. The summed E-state index contributed by atoms with van der Waals surface area (Å²) in [6.07, 6.45) is 3.91. The maximum Gasteiger partial charge on any atom is 0.231 e. The van der Waals surface area contributed by atoms with E-state index in [9.17, 15) is 9.90 Å². The molecule has 1 N–H and O–H groups in total. The first-order chi connectivity index (χ1) is 19.1. The summed E-state index contributed by atoms with van der Waals surface area (Å²) in [5, 5.41) is 9.35. The molecule has 39 heavy (non-hydrogen) atoms. The van der Waals surface area contributed by atoms with Crippen LogP contribution in [-0.2, 0) is 16.6 Å². The Kier molecular flexibility index (Phi) is 7.25. The molecule has 8 nitrogen and oxygen atoms in total. The highest BCUT2D eigenvalue weighted by atomic mass is 16.7. The van der Waals surface area contributed by atoms with Gasteiger partial charge in [-0.15, -0.1) is 0 Å². The zero-order valence-corrected chi connectivity index (χ0v) is 22.3. The van der Waals surface area contributed by atoms with Crippen LogP contribution in [0, 0.1) is 0 Å². The summed E-state index contributed by atoms with van der Waals surface area (Å²) in [5.74, 6) is 2.49. The Balaban J connectivity index is 0.00000323. The summed E-state index contributed by atoms with van der Waals surface area (Å²) in [6.45, 7) is 4.65. The molecule has 1 saturated carbocycles. The van der Waals surface area contributed by atoms with Crippen molar-refractivity contribution < 1.29 is 25.5 Å². The molecule has 1 aliphatic carbocycles. The monoisotopic (exact) mass is 531 g/mol. The number of aliphatic hydroxyl groups excluding tert-OH is 1. The van der Waals surface area contributed by atoms with Crippen molar-refractivity contribution in [3.8, 4) is 17.2 Å². The van der Waals surface area contributed by atoms with Gasteiger partial charge in [-0.05, 0) is 48.2 Å². The van der Waals surface area contributed by atoms with Crippen molar-refractivity contribution in [1.29, 1.82) is 0 Å². The minimum atomic E-state index is -0.449. The molecule has 0 radical (unpaired) electrons. The molecular formula is C31H37N3O5. The number of para-hydroxylation sites is 1. The van der Waals surface area contributed by atoms with E-state index in [1.807, 2.05) is 48.7 Å². The van der Waals surface area contributed by atoms with Gasteiger partial charge in [-0.3, -0.25) is 19.6 Å². The van der Waals surface area contributed by atoms with Crippen LogP contribution in [-0.4, -0.2) is 78.9 Å². The summed E-state index contributed by atoms with van der Waals surface area (Å²) in [4.78, 5) is 23.0. The molecule has 3 aromatic rings. The van der Waals surface area contributed by atoms with Crippen molar-refractivity contribution in [2.75, 3.05) is 53.2 Å². The van der Waals surface area contributed by atoms with E-state index in [0.29, 0.717) is 18.7 Å². The molecule has 1 atom stereocenters. The molecule has 2 fully saturated rings. The van der Waals surface area contributed by atoms with Gasteiger partial charge in [0.25, 0.3) is 0 Å². The molecule has 3 heterocycles. The zero-order valence-electron chi connectivity index (χ0n) is 22.3. The van der Waals surface area contributed by atoms with Gasteiger partial charge in [0.2, 0.25) is 6.79 Å². The Morgan fingerprint density at radius 2 is 1.87 bits per heavy atom. The zero-order chi connectivity index (χ0) is 26.8. The number of ether oxygens (including phenoxy) is 3. The van der Waals surface area contributed by atoms with Gasteiger partial charge in [0.1, 0.15) is 11.5 Å². The molecule has 206 valence electrons. The maximum atomic E-state index is 13.5. The first-order valence-electron chi connectivity index (χ1n) is 13.7. The third-order valence-corrected chi connectivity index (χ3v) is 8.34. The highest BCUT2D eigenvalue weighted by molar-refractivity contribution is 5.94. The lowest BCUT2D eigenvalue weighted by Gasteiger charge is -2.39. The molecule has 1 unspecified atom stereocenters. The maximum absolute atomic E-state index is 13.5. The lowest BCUT2D eigenvalue weighted by molar-refractivity contribution is -0.120. The number of nitrogens with zero attached hydrogens (tertiary/aromatic N) is 3. The van der Waals surface area contributed by atoms with Crippen molar-refractivity contribution in [1.82, 2.24) is 14.8 Å². The van der Waals surface area contributed by atoms with Gasteiger partial charge in [-0.25, -0.2) is 0 Å². The lowest BCUT2D eigenvalue weighted by Crippen LogP contribution is -2.48. The van der Waals surface area contributed by atoms with E-state index in [2.05, 4.69) is 21.9 Å². The molecule has 8 heteroatoms. The van der Waals surface area contributed by atoms with E-state index in [1.165, 1.54) is 0 Å². The van der Waals surface area contributed by atoms with Crippen LogP contribution in [0.25, 0.3) is 0 Å². The first kappa shape index (κ1) is 25.8. The molecule has 1 aromatic heterocycles. The van der Waals surface area contributed by atoms with E-state index in [1.54, 1.807) is 7.11 Å². The van der Waals surface area contributed by atoms with E-state index in [-0.39, 0.29) is 26.7 Å². The summed E-state index contributed by atoms with van der Waals surface area (Å²) in [6, 6.07) is 18.1. The Hall–Kier alpha value is -3.46. The summed E-state index contributed by atoms with van der Waals surface area (Å²) in [5.41, 5.74) is 3.51. The van der Waals surface area contributed by atoms with Gasteiger partial charge < -0.3 is 19.3 Å². The molecule has 6 rings (SSSR count). The number of rotatable bonds is 10. The SMILES string of the molecule is COc1ccccc1C(c1ccc(CC(=O)C2(c3ccc4c(c3)OCO4)CC2)nc1)N1CCN(CCO)CC1.[HH]. The van der Waals surface area contributed by atoms with Crippen LogP contribution < -0.4 is 14.2 Å². The van der Waals surface area contributed by atoms with E-state index in [4.69, 9.17) is 19.2 Å². The van der Waals surface area contributed by atoms with Crippen LogP contribution in [0.4, 0.5) is 0 Å². The van der Waals surface area contributed by atoms with Gasteiger partial charge in [0.05, 0.1) is 25.2 Å². The van der Waals surface area contributed by atoms with Gasteiger partial charge in [-0.2, -0.15) is 0 Å². The van der Waals surface area contributed by atoms with Crippen LogP contribution >= 0.6 is 0 Å². The minimum Gasteiger partial charge on any atom is -0.496 e. The normalized spacial score (nSPS) is 19.0. The second-order valence-electron chi connectivity index (χ2n) is 10.6. The number of fused-ring (bicyclic) bond motifs is 1. The third-order valence-electron chi connectivity index (χ3n) is 8.34. The standard InChI is InChI=1S/C31H35N3O5.H2/c1-37-26-5-3-2-4-25(26)30(34-14-12-33(13-15-34)16-17-35)22-6-8-24(32-20-22)19-29(36)31(10-11-31)23-7-9-27-28(18-23)39-21-38-27;/h2-9,18,20,30,35H,10-17,19,21H2,1H3;1H. The number of pyridine rings is 1. The molecule has 2 aliphatic heterocycles. The number of aliphatic hydroxyl groups is 1. The number of methoxy groups -OCH3 is 1. The molecule has 1 saturated heterocycles. The fourth-order valence-electron chi connectivity index (χ4n) is 5.95. The van der Waals surface area contributed by atoms with E-state index >= 15 is 0 Å². The Labute approximate surface area is 230 Å². The number of benzene rings is 2. The Bertz CT molecular complexity index is 1320. The first-order valence-corrected chi connectivity index (χ1v) is 13.7. The van der Waals surface area contributed by atoms with Gasteiger partial charge in [0, 0.05) is 58.0 Å². The number of carbonyl (C=O) groups excluding carboxylic acids is 1. The summed E-state index contributed by atoms with van der Waals surface area (Å²) in [7, 11) is 1.70. The van der Waals surface area contributed by atoms with Crippen molar-refractivity contribution in [2.45, 2.75) is 30.7 Å². The van der Waals surface area contributed by atoms with Crippen molar-refractivity contribution >= 4 is 5.78 Å². The predicted octanol–water partition coefficient (Wildman–Crippen LogP) is 3.61. The van der Waals surface area contributed by atoms with Crippen molar-refractivity contribution in [3.63, 3.8) is 0 Å². The number of carbonyl (C=O) groups is 1. The van der Waals surface area contributed by atoms with Crippen LogP contribution in [0.2, 0.25) is 0 Å². The predicted molar refractivity (Wildman–Crippen MR) is 148 cm³/mol. The third kappa shape index (κ3) is 5.12. The number of aromatic nitrogens is 1. The second kappa shape index (κ2) is 11.0. The largest absolute Gasteiger partial charge is 0.496 e. The highest BCUT2D eigenvalue weighted by Gasteiger charge is 2.51. The molecule has 2 aromatic carbocycles. The number of hydrogen-bond donors (Lipinski definition) is 1. The van der Waals surface area contributed by atoms with Gasteiger partial charge in [-0.1, -0.05) is 30.3 Å². The van der Waals surface area contributed by atoms with E-state index in [0.717, 1.165) is 72.9 Å². The van der Waals surface area contributed by atoms with Crippen LogP contribution in [0.15, 0.2) is 60.8 Å². The van der Waals surface area contributed by atoms with Crippen LogP contribution in [0.3, 0.4) is 0 Å². The lowest BCUT2D eigenvalue weighted by atomic mass is 9.88. The van der Waals surface area contributed by atoms with Crippen molar-refractivity contribution in [3.05, 3.63) is 83.2 Å². The molecular weight excluding hydrogens is 494 g/mol. The molecule has 0 bridgehead atoms. The number of Topliss-reactive ketones (excluding diaryl/α,β-unsaturated/α-hetero) is 1. The fourth-order valence-corrected chi connectivity index (χ4v) is 5.95. The Morgan fingerprint density at radius 1 is 1.08 bits per heavy atom. The average Bonchev–Trinajstić information content (AvgIpc) is 3.66. The van der Waals surface area contributed by atoms with Gasteiger partial charge >= 0.3 is 0 Å². The molecule has 0 amide bonds. The molecule has 0 spiro atoms. The van der Waals surface area contributed by atoms with Gasteiger partial charge in [0.15, 0.2) is 11.5 Å². The van der Waals surface area contributed by atoms with Crippen molar-refractivity contribution in [2.24, 2.45) is 0 Å². The van der Waals surface area contributed by atoms with E-state index < -0.39 is 5.41 Å². The van der Waals surface area contributed by atoms with Crippen LogP contribution in [0.5, 0.6) is 17.2 Å². The summed E-state index contributed by atoms with van der Waals surface area (Å²) < 4.78 is 16.7. The topological polar surface area (TPSA) is 84.4 Å². The second-order valence-corrected chi connectivity index (χ2v) is 10.6. The summed E-state index contributed by atoms with van der Waals surface area (Å²) >= 11 is 0. The quantitative estimate of drug-likeness (QED) is 0.425. The highest BCUT2D eigenvalue weighted by Crippen LogP contribution is 2.51. The molecule has 3 aliphatic rings. The number of hydrogen-bond acceptors (Lipinski definition) is 8. The number of ketones is 1. The smallest absolute Gasteiger partial charge is 0.231 e. The number of β-amino-alcohol motifs (C(OH)–C–C–N with tert-alkyl or cyclic N) is 1. The van der Waals surface area contributed by atoms with Crippen LogP contribution in [0.1, 0.15) is 42.7 Å². The minimum absolute atomic E-state index is 0. The fraction of sp³-hybridized carbons (Fsp3) is 0.419. The number of piperazine rings is 1. The Morgan fingerprint density at radius 3 is 2.59 bits per heavy atom.